The van der Waals surface area contributed by atoms with Gasteiger partial charge in [0, 0.05) is 67.0 Å². The molecule has 1 unspecified atom stereocenters. The maximum Gasteiger partial charge on any atom is 0.338 e. The lowest BCUT2D eigenvalue weighted by Gasteiger charge is -2.67. The summed E-state index contributed by atoms with van der Waals surface area (Å²) >= 11 is 0. The first kappa shape index (κ1) is 21.6. The fraction of sp³-hybridized carbons (Fsp3) is 0.621. The van der Waals surface area contributed by atoms with Crippen molar-refractivity contribution in [1.82, 2.24) is 4.90 Å². The number of hydrogen-bond acceptors (Lipinski definition) is 7. The summed E-state index contributed by atoms with van der Waals surface area (Å²) in [4.78, 5) is 41.7. The number of aliphatic hydroxyl groups is 1. The highest BCUT2D eigenvalue weighted by Gasteiger charge is 2.92. The maximum atomic E-state index is 13.4. The molecule has 1 aromatic rings. The molecule has 3 aliphatic heterocycles. The highest BCUT2D eigenvalue weighted by molar-refractivity contribution is 5.89. The summed E-state index contributed by atoms with van der Waals surface area (Å²) < 4.78 is 12.4. The molecule has 3 saturated heterocycles. The van der Waals surface area contributed by atoms with Crippen LogP contribution in [-0.2, 0) is 19.1 Å². The number of ether oxygens (including phenoxy) is 2. The Morgan fingerprint density at radius 3 is 2.58 bits per heavy atom. The standard InChI is InChI=1S/C29H31NO6/c1-13-18-20(33)19-24-29-10-16(32)9-27(3)12-30(24)17(22(27)29)11-28(19,25(13)35-14(2)31)23(29)21(18)36-26(34)15-7-5-4-6-8-15/h4-8,17-25,33H,1,9-12H2,2-3H3/t17-,18+,19+,20-,21-,22+,23+,24+,25+,27+,28+,29-/m0/s1. The van der Waals surface area contributed by atoms with Crippen LogP contribution in [0.5, 0.6) is 0 Å². The van der Waals surface area contributed by atoms with Crippen molar-refractivity contribution in [3.8, 4) is 0 Å². The molecule has 9 fully saturated rings. The van der Waals surface area contributed by atoms with Gasteiger partial charge in [0.15, 0.2) is 0 Å². The Kier molecular flexibility index (Phi) is 3.78. The van der Waals surface area contributed by atoms with Gasteiger partial charge >= 0.3 is 11.9 Å². The van der Waals surface area contributed by atoms with Crippen LogP contribution in [0.2, 0.25) is 0 Å². The lowest BCUT2D eigenvalue weighted by molar-refractivity contribution is -0.248. The Labute approximate surface area is 209 Å². The van der Waals surface area contributed by atoms with Gasteiger partial charge in [0.1, 0.15) is 18.0 Å². The van der Waals surface area contributed by atoms with Gasteiger partial charge in [-0.25, -0.2) is 4.79 Å². The number of piperidine rings is 2. The minimum absolute atomic E-state index is 0.0349. The lowest BCUT2D eigenvalue weighted by atomic mass is 9.39. The molecule has 7 nitrogen and oxygen atoms in total. The van der Waals surface area contributed by atoms with Gasteiger partial charge in [-0.15, -0.1) is 0 Å². The number of benzene rings is 1. The summed E-state index contributed by atoms with van der Waals surface area (Å²) in [6.45, 7) is 8.88. The van der Waals surface area contributed by atoms with Crippen molar-refractivity contribution in [2.24, 2.45) is 39.9 Å². The van der Waals surface area contributed by atoms with Crippen molar-refractivity contribution in [1.29, 1.82) is 0 Å². The molecule has 6 aliphatic carbocycles. The third kappa shape index (κ3) is 2.05. The van der Waals surface area contributed by atoms with E-state index < -0.39 is 35.6 Å². The summed E-state index contributed by atoms with van der Waals surface area (Å²) in [7, 11) is 0. The monoisotopic (exact) mass is 489 g/mol. The molecule has 0 aromatic heterocycles. The molecule has 1 N–H and O–H groups in total. The number of ketones is 1. The molecule has 36 heavy (non-hydrogen) atoms. The second-order valence-corrected chi connectivity index (χ2v) is 13.0. The van der Waals surface area contributed by atoms with Crippen LogP contribution in [0.25, 0.3) is 0 Å². The molecule has 9 aliphatic rings. The maximum absolute atomic E-state index is 13.4. The predicted molar refractivity (Wildman–Crippen MR) is 126 cm³/mol. The first-order valence-electron chi connectivity index (χ1n) is 13.2. The lowest BCUT2D eigenvalue weighted by Crippen LogP contribution is -2.73. The SMILES string of the molecule is C=C1[C@@H]2[C@H](O)[C@@H]3[C@H]4N5C[C@@]6(C)CC(=O)C[C@]47[C@H]([C@H]2OC(=O)c2ccccc2)[C@]3(C[C@H]5[C@H]67)[C@@H]1OC(C)=O. The van der Waals surface area contributed by atoms with Crippen LogP contribution < -0.4 is 0 Å². The van der Waals surface area contributed by atoms with Gasteiger partial charge in [-0.1, -0.05) is 31.7 Å². The van der Waals surface area contributed by atoms with E-state index in [4.69, 9.17) is 9.47 Å². The van der Waals surface area contributed by atoms with E-state index in [1.807, 2.05) is 6.07 Å². The molecule has 10 rings (SSSR count). The third-order valence-corrected chi connectivity index (χ3v) is 11.6. The Bertz CT molecular complexity index is 1260. The highest BCUT2D eigenvalue weighted by Crippen LogP contribution is 2.87. The minimum atomic E-state index is -0.762. The van der Waals surface area contributed by atoms with Gasteiger partial charge in [-0.2, -0.15) is 0 Å². The van der Waals surface area contributed by atoms with Crippen LogP contribution in [0.4, 0.5) is 0 Å². The molecular formula is C29H31NO6. The molecule has 1 aromatic carbocycles. The predicted octanol–water partition coefficient (Wildman–Crippen LogP) is 2.38. The number of esters is 2. The topological polar surface area (TPSA) is 93.1 Å². The van der Waals surface area contributed by atoms with E-state index >= 15 is 0 Å². The molecule has 0 radical (unpaired) electrons. The number of rotatable bonds is 3. The van der Waals surface area contributed by atoms with Crippen molar-refractivity contribution >= 4 is 17.7 Å². The fourth-order valence-corrected chi connectivity index (χ4v) is 11.6. The number of nitrogens with zero attached hydrogens (tertiary/aromatic N) is 1. The molecule has 3 heterocycles. The molecule has 7 heteroatoms. The molecule has 13 atom stereocenters. The second kappa shape index (κ2) is 6.30. The van der Waals surface area contributed by atoms with E-state index in [9.17, 15) is 19.5 Å². The van der Waals surface area contributed by atoms with Crippen LogP contribution in [0.3, 0.4) is 0 Å². The summed E-state index contributed by atoms with van der Waals surface area (Å²) in [6.07, 6.45) is -0.0866. The van der Waals surface area contributed by atoms with Gasteiger partial charge in [-0.3, -0.25) is 14.5 Å². The van der Waals surface area contributed by atoms with Crippen LogP contribution in [0.15, 0.2) is 42.5 Å². The van der Waals surface area contributed by atoms with Crippen molar-refractivity contribution in [2.75, 3.05) is 6.54 Å². The van der Waals surface area contributed by atoms with Crippen LogP contribution in [-0.4, -0.2) is 64.7 Å². The summed E-state index contributed by atoms with van der Waals surface area (Å²) in [5, 5.41) is 11.9. The van der Waals surface area contributed by atoms with Gasteiger partial charge in [0.25, 0.3) is 0 Å². The van der Waals surface area contributed by atoms with Crippen molar-refractivity contribution < 1.29 is 29.0 Å². The Balaban J connectivity index is 1.33. The summed E-state index contributed by atoms with van der Waals surface area (Å²) in [5.41, 5.74) is 0.0452. The number of carbonyl (C=O) groups excluding carboxylic acids is 3. The molecule has 9 bridgehead atoms. The molecule has 2 spiro atoms. The number of Topliss-reactive ketones (excluding diaryl/α,β-unsaturated/α-hetero) is 1. The van der Waals surface area contributed by atoms with Crippen molar-refractivity contribution in [3.63, 3.8) is 0 Å². The van der Waals surface area contributed by atoms with Gasteiger partial charge in [-0.05, 0) is 35.5 Å². The quantitative estimate of drug-likeness (QED) is 0.515. The normalized spacial score (nSPS) is 54.2. The average molecular weight is 490 g/mol. The zero-order chi connectivity index (χ0) is 24.9. The Hall–Kier alpha value is -2.51. The first-order chi connectivity index (χ1) is 17.1. The van der Waals surface area contributed by atoms with E-state index in [2.05, 4.69) is 18.4 Å². The zero-order valence-corrected chi connectivity index (χ0v) is 20.6. The Morgan fingerprint density at radius 2 is 1.86 bits per heavy atom. The smallest absolute Gasteiger partial charge is 0.338 e. The summed E-state index contributed by atoms with van der Waals surface area (Å²) in [5.74, 6) is -1.03. The van der Waals surface area contributed by atoms with Gasteiger partial charge in [0.2, 0.25) is 0 Å². The first-order valence-corrected chi connectivity index (χ1v) is 13.2. The van der Waals surface area contributed by atoms with Crippen LogP contribution in [0, 0.1) is 39.9 Å². The van der Waals surface area contributed by atoms with E-state index in [1.54, 1.807) is 24.3 Å². The molecule has 188 valence electrons. The minimum Gasteiger partial charge on any atom is -0.458 e. The second-order valence-electron chi connectivity index (χ2n) is 13.0. The number of carbonyl (C=O) groups is 3. The van der Waals surface area contributed by atoms with E-state index in [0.717, 1.165) is 13.0 Å². The van der Waals surface area contributed by atoms with E-state index in [-0.39, 0.29) is 40.5 Å². The largest absolute Gasteiger partial charge is 0.458 e. The number of aliphatic hydroxyl groups excluding tert-OH is 1. The van der Waals surface area contributed by atoms with E-state index in [1.165, 1.54) is 6.92 Å². The van der Waals surface area contributed by atoms with Crippen LogP contribution >= 0.6 is 0 Å². The van der Waals surface area contributed by atoms with Crippen molar-refractivity contribution in [2.45, 2.75) is 63.5 Å². The van der Waals surface area contributed by atoms with Crippen LogP contribution in [0.1, 0.15) is 43.5 Å². The van der Waals surface area contributed by atoms with Gasteiger partial charge < -0.3 is 14.6 Å². The molecule has 0 amide bonds. The average Bonchev–Trinajstić information content (AvgIpc) is 3.25. The third-order valence-electron chi connectivity index (χ3n) is 11.6. The summed E-state index contributed by atoms with van der Waals surface area (Å²) in [6, 6.07) is 9.25. The molecular weight excluding hydrogens is 458 g/mol. The highest BCUT2D eigenvalue weighted by atomic mass is 16.6. The number of hydrogen-bond donors (Lipinski definition) is 1. The fourth-order valence-electron chi connectivity index (χ4n) is 11.6. The zero-order valence-electron chi connectivity index (χ0n) is 20.6. The number of fused-ring (bicyclic) bond motifs is 1. The Morgan fingerprint density at radius 1 is 1.11 bits per heavy atom. The van der Waals surface area contributed by atoms with E-state index in [0.29, 0.717) is 35.9 Å². The molecule has 6 saturated carbocycles. The van der Waals surface area contributed by atoms with Crippen molar-refractivity contribution in [3.05, 3.63) is 48.0 Å². The van der Waals surface area contributed by atoms with Gasteiger partial charge in [0.05, 0.1) is 11.7 Å².